The molecule has 2 aromatic rings. The number of guanidine groups is 1. The number of nitrogens with one attached hydrogen (secondary N) is 2. The minimum atomic E-state index is 0.577. The summed E-state index contributed by atoms with van der Waals surface area (Å²) < 4.78 is 2.09. The summed E-state index contributed by atoms with van der Waals surface area (Å²) in [6.45, 7) is 5.27. The maximum absolute atomic E-state index is 4.73. The fourth-order valence-corrected chi connectivity index (χ4v) is 3.49. The van der Waals surface area contributed by atoms with E-state index in [0.717, 1.165) is 49.5 Å². The zero-order chi connectivity index (χ0) is 18.7. The van der Waals surface area contributed by atoms with Crippen molar-refractivity contribution in [3.63, 3.8) is 0 Å². The molecule has 1 saturated carbocycles. The molecule has 1 aliphatic rings. The summed E-state index contributed by atoms with van der Waals surface area (Å²) in [5.74, 6) is 2.63. The van der Waals surface area contributed by atoms with Gasteiger partial charge in [0.15, 0.2) is 5.96 Å². The molecule has 0 spiro atoms. The number of hydrogen-bond acceptors (Lipinski definition) is 4. The molecule has 2 N–H and O–H groups in total. The van der Waals surface area contributed by atoms with Crippen molar-refractivity contribution in [2.75, 3.05) is 13.1 Å². The first-order chi connectivity index (χ1) is 13.3. The highest BCUT2D eigenvalue weighted by Crippen LogP contribution is 2.22. The van der Waals surface area contributed by atoms with E-state index in [9.17, 15) is 0 Å². The van der Waals surface area contributed by atoms with Gasteiger partial charge in [0.25, 0.3) is 0 Å². The largest absolute Gasteiger partial charge is 0.356 e. The van der Waals surface area contributed by atoms with Gasteiger partial charge in [0.1, 0.15) is 12.2 Å². The first-order valence-corrected chi connectivity index (χ1v) is 10.1. The molecule has 0 amide bonds. The highest BCUT2D eigenvalue weighted by atomic mass is 15.3. The Labute approximate surface area is 161 Å². The molecule has 0 saturated heterocycles. The molecule has 7 heteroatoms. The summed E-state index contributed by atoms with van der Waals surface area (Å²) in [7, 11) is 0. The number of aliphatic imine (C=N–C) groups is 1. The minimum Gasteiger partial charge on any atom is -0.356 e. The van der Waals surface area contributed by atoms with Gasteiger partial charge in [-0.2, -0.15) is 0 Å². The molecule has 1 fully saturated rings. The maximum Gasteiger partial charge on any atom is 0.191 e. The van der Waals surface area contributed by atoms with Crippen molar-refractivity contribution >= 4 is 5.96 Å². The van der Waals surface area contributed by atoms with Gasteiger partial charge in [-0.15, -0.1) is 10.2 Å². The first-order valence-electron chi connectivity index (χ1n) is 10.1. The van der Waals surface area contributed by atoms with Crippen LogP contribution in [0.3, 0.4) is 0 Å². The number of aryl methyl sites for hydroxylation is 1. The SMILES string of the molecule is CCc1nncn1CCNC(=NCc1ccccn1)NCC1CCCCC1. The Hall–Kier alpha value is -2.44. The van der Waals surface area contributed by atoms with Crippen LogP contribution in [0.4, 0.5) is 0 Å². The van der Waals surface area contributed by atoms with Gasteiger partial charge in [-0.25, -0.2) is 4.99 Å². The quantitative estimate of drug-likeness (QED) is 0.552. The van der Waals surface area contributed by atoms with Crippen molar-refractivity contribution in [3.05, 3.63) is 42.2 Å². The molecule has 146 valence electrons. The van der Waals surface area contributed by atoms with Crippen LogP contribution in [-0.4, -0.2) is 38.8 Å². The van der Waals surface area contributed by atoms with Gasteiger partial charge >= 0.3 is 0 Å². The number of nitrogens with zero attached hydrogens (tertiary/aromatic N) is 5. The van der Waals surface area contributed by atoms with Crippen molar-refractivity contribution < 1.29 is 0 Å². The van der Waals surface area contributed by atoms with E-state index in [1.165, 1.54) is 32.1 Å². The zero-order valence-electron chi connectivity index (χ0n) is 16.3. The summed E-state index contributed by atoms with van der Waals surface area (Å²) in [6.07, 6.45) is 11.2. The number of rotatable bonds is 8. The second kappa shape index (κ2) is 10.6. The molecule has 0 atom stereocenters. The molecule has 3 rings (SSSR count). The summed E-state index contributed by atoms with van der Waals surface area (Å²) in [6, 6.07) is 5.93. The van der Waals surface area contributed by atoms with Crippen LogP contribution < -0.4 is 10.6 Å². The Bertz CT molecular complexity index is 689. The molecule has 0 unspecified atom stereocenters. The average Bonchev–Trinajstić information content (AvgIpc) is 3.18. The van der Waals surface area contributed by atoms with Crippen LogP contribution in [0.5, 0.6) is 0 Å². The molecule has 1 aliphatic carbocycles. The van der Waals surface area contributed by atoms with Crippen molar-refractivity contribution in [2.45, 2.75) is 58.5 Å². The lowest BCUT2D eigenvalue weighted by Crippen LogP contribution is -2.41. The molecule has 0 aliphatic heterocycles. The van der Waals surface area contributed by atoms with Gasteiger partial charge in [0.05, 0.1) is 12.2 Å². The van der Waals surface area contributed by atoms with Crippen molar-refractivity contribution in [2.24, 2.45) is 10.9 Å². The fourth-order valence-electron chi connectivity index (χ4n) is 3.49. The Kier molecular flexibility index (Phi) is 7.62. The molecule has 0 radical (unpaired) electrons. The number of pyridine rings is 1. The topological polar surface area (TPSA) is 80.0 Å². The maximum atomic E-state index is 4.73. The lowest BCUT2D eigenvalue weighted by Gasteiger charge is -2.23. The summed E-state index contributed by atoms with van der Waals surface area (Å²) in [4.78, 5) is 9.09. The predicted molar refractivity (Wildman–Crippen MR) is 107 cm³/mol. The van der Waals surface area contributed by atoms with E-state index in [1.54, 1.807) is 6.33 Å². The fraction of sp³-hybridized carbons (Fsp3) is 0.600. The molecule has 0 aromatic carbocycles. The van der Waals surface area contributed by atoms with E-state index < -0.39 is 0 Å². The molecular formula is C20H31N7. The predicted octanol–water partition coefficient (Wildman–Crippen LogP) is 2.55. The van der Waals surface area contributed by atoms with E-state index in [1.807, 2.05) is 24.4 Å². The van der Waals surface area contributed by atoms with Crippen LogP contribution in [-0.2, 0) is 19.5 Å². The second-order valence-corrected chi connectivity index (χ2v) is 7.09. The summed E-state index contributed by atoms with van der Waals surface area (Å²) in [5, 5.41) is 15.1. The lowest BCUT2D eigenvalue weighted by molar-refractivity contribution is 0.355. The third-order valence-corrected chi connectivity index (χ3v) is 5.07. The number of hydrogen-bond donors (Lipinski definition) is 2. The zero-order valence-corrected chi connectivity index (χ0v) is 16.3. The van der Waals surface area contributed by atoms with E-state index in [0.29, 0.717) is 6.54 Å². The third-order valence-electron chi connectivity index (χ3n) is 5.07. The van der Waals surface area contributed by atoms with Crippen molar-refractivity contribution in [3.8, 4) is 0 Å². The molecule has 0 bridgehead atoms. The monoisotopic (exact) mass is 369 g/mol. The van der Waals surface area contributed by atoms with E-state index >= 15 is 0 Å². The van der Waals surface area contributed by atoms with Crippen LogP contribution in [0, 0.1) is 5.92 Å². The Morgan fingerprint density at radius 3 is 2.89 bits per heavy atom. The van der Waals surface area contributed by atoms with Crippen LogP contribution >= 0.6 is 0 Å². The molecule has 2 aromatic heterocycles. The highest BCUT2D eigenvalue weighted by molar-refractivity contribution is 5.79. The van der Waals surface area contributed by atoms with Gasteiger partial charge in [-0.05, 0) is 30.9 Å². The van der Waals surface area contributed by atoms with Gasteiger partial charge in [0.2, 0.25) is 0 Å². The van der Waals surface area contributed by atoms with Crippen LogP contribution in [0.15, 0.2) is 35.7 Å². The first kappa shape index (κ1) is 19.3. The number of aromatic nitrogens is 4. The molecule has 2 heterocycles. The van der Waals surface area contributed by atoms with Crippen LogP contribution in [0.1, 0.15) is 50.5 Å². The van der Waals surface area contributed by atoms with E-state index in [4.69, 9.17) is 4.99 Å². The molecule has 27 heavy (non-hydrogen) atoms. The normalized spacial score (nSPS) is 15.7. The molecule has 7 nitrogen and oxygen atoms in total. The van der Waals surface area contributed by atoms with Crippen LogP contribution in [0.25, 0.3) is 0 Å². The second-order valence-electron chi connectivity index (χ2n) is 7.09. The van der Waals surface area contributed by atoms with Gasteiger partial charge in [-0.3, -0.25) is 4.98 Å². The average molecular weight is 370 g/mol. The smallest absolute Gasteiger partial charge is 0.191 e. The third kappa shape index (κ3) is 6.34. The lowest BCUT2D eigenvalue weighted by atomic mass is 9.89. The molecular weight excluding hydrogens is 338 g/mol. The minimum absolute atomic E-state index is 0.577. The van der Waals surface area contributed by atoms with Gasteiger partial charge < -0.3 is 15.2 Å². The van der Waals surface area contributed by atoms with E-state index in [2.05, 4.69) is 37.3 Å². The van der Waals surface area contributed by atoms with Crippen molar-refractivity contribution in [1.82, 2.24) is 30.4 Å². The van der Waals surface area contributed by atoms with E-state index in [-0.39, 0.29) is 0 Å². The Balaban J connectivity index is 1.54. The summed E-state index contributed by atoms with van der Waals surface area (Å²) in [5.41, 5.74) is 0.975. The van der Waals surface area contributed by atoms with Crippen LogP contribution in [0.2, 0.25) is 0 Å². The standard InChI is InChI=1S/C20H31N7/c1-2-19-26-25-16-27(19)13-12-22-20(23-14-17-8-4-3-5-9-17)24-15-18-10-6-7-11-21-18/h6-7,10-11,16-17H,2-5,8-9,12-15H2,1H3,(H2,22,23,24). The van der Waals surface area contributed by atoms with Gasteiger partial charge in [-0.1, -0.05) is 32.3 Å². The van der Waals surface area contributed by atoms with Crippen molar-refractivity contribution in [1.29, 1.82) is 0 Å². The Morgan fingerprint density at radius 1 is 1.22 bits per heavy atom. The summed E-state index contributed by atoms with van der Waals surface area (Å²) >= 11 is 0. The highest BCUT2D eigenvalue weighted by Gasteiger charge is 2.13. The Morgan fingerprint density at radius 2 is 2.11 bits per heavy atom. The van der Waals surface area contributed by atoms with Gasteiger partial charge in [0, 0.05) is 32.3 Å².